The Morgan fingerprint density at radius 3 is 2.76 bits per heavy atom. The molecule has 0 spiro atoms. The van der Waals surface area contributed by atoms with Crippen molar-refractivity contribution in [1.29, 1.82) is 0 Å². The number of carbonyl (C=O) groups is 1. The third kappa shape index (κ3) is 3.61. The lowest BCUT2D eigenvalue weighted by Crippen LogP contribution is -2.40. The maximum absolute atomic E-state index is 13.1. The minimum absolute atomic E-state index is 0.273. The van der Waals surface area contributed by atoms with Gasteiger partial charge >= 0.3 is 0 Å². The summed E-state index contributed by atoms with van der Waals surface area (Å²) in [5, 5.41) is 1.73. The van der Waals surface area contributed by atoms with E-state index in [9.17, 15) is 13.2 Å². The fourth-order valence-electron chi connectivity index (χ4n) is 3.84. The third-order valence-corrected chi connectivity index (χ3v) is 9.56. The number of amides is 1. The fraction of sp³-hybridized carbons (Fsp3) is 0.400. The maximum Gasteiger partial charge on any atom is 0.266 e. The summed E-state index contributed by atoms with van der Waals surface area (Å²) in [5.41, 5.74) is 2.33. The number of benzene rings is 1. The van der Waals surface area contributed by atoms with Crippen molar-refractivity contribution < 1.29 is 13.2 Å². The smallest absolute Gasteiger partial charge is 0.266 e. The number of aromatic nitrogens is 1. The van der Waals surface area contributed by atoms with Crippen LogP contribution in [0, 0.1) is 0 Å². The van der Waals surface area contributed by atoms with Crippen LogP contribution in [0.15, 0.2) is 44.9 Å². The fourth-order valence-corrected chi connectivity index (χ4v) is 7.75. The largest absolute Gasteiger partial charge is 0.316 e. The minimum atomic E-state index is -3.67. The number of hydrogen-bond donors (Lipinski definition) is 0. The summed E-state index contributed by atoms with van der Waals surface area (Å²) < 4.78 is 30.6. The molecule has 154 valence electrons. The normalized spacial score (nSPS) is 18.7. The van der Waals surface area contributed by atoms with Crippen molar-refractivity contribution in [1.82, 2.24) is 8.87 Å². The molecule has 1 aromatic carbocycles. The second kappa shape index (κ2) is 8.14. The van der Waals surface area contributed by atoms with Gasteiger partial charge in [0, 0.05) is 13.1 Å². The van der Waals surface area contributed by atoms with Crippen LogP contribution in [-0.4, -0.2) is 35.8 Å². The van der Waals surface area contributed by atoms with Crippen LogP contribution in [0.4, 0.5) is 0 Å². The molecule has 1 aliphatic heterocycles. The zero-order chi connectivity index (χ0) is 20.6. The summed E-state index contributed by atoms with van der Waals surface area (Å²) >= 11 is 2.66. The lowest BCUT2D eigenvalue weighted by molar-refractivity contribution is -0.121. The molecule has 9 heteroatoms. The van der Waals surface area contributed by atoms with E-state index >= 15 is 0 Å². The molecular formula is C20H23N3O3S3. The van der Waals surface area contributed by atoms with Crippen molar-refractivity contribution in [3.05, 3.63) is 46.1 Å². The molecule has 0 bridgehead atoms. The van der Waals surface area contributed by atoms with Gasteiger partial charge in [0.1, 0.15) is 10.3 Å². The molecule has 3 heterocycles. The van der Waals surface area contributed by atoms with Gasteiger partial charge in [0.15, 0.2) is 4.80 Å². The van der Waals surface area contributed by atoms with Gasteiger partial charge < -0.3 is 4.57 Å². The SMILES string of the molecule is CCc1cccc2sc(=NC(=O)C3CCCN3S(=O)(=O)c3cccs3)n(CC)c12. The molecule has 0 aliphatic carbocycles. The van der Waals surface area contributed by atoms with Crippen molar-refractivity contribution >= 4 is 48.8 Å². The molecule has 4 rings (SSSR count). The number of thiophene rings is 1. The number of aryl methyl sites for hydroxylation is 2. The highest BCUT2D eigenvalue weighted by Gasteiger charge is 2.39. The number of carbonyl (C=O) groups excluding carboxylic acids is 1. The van der Waals surface area contributed by atoms with Gasteiger partial charge in [-0.25, -0.2) is 8.42 Å². The summed E-state index contributed by atoms with van der Waals surface area (Å²) in [5.74, 6) is -0.380. The molecule has 1 saturated heterocycles. The number of sulfonamides is 1. The maximum atomic E-state index is 13.1. The standard InChI is InChI=1S/C20H23N3O3S3/c1-3-14-8-5-10-16-18(14)22(4-2)20(28-16)21-19(24)15-9-6-12-23(15)29(25,26)17-11-7-13-27-17/h5,7-8,10-11,13,15H,3-4,6,9,12H2,1-2H3. The van der Waals surface area contributed by atoms with E-state index in [2.05, 4.69) is 22.5 Å². The monoisotopic (exact) mass is 449 g/mol. The Hall–Kier alpha value is -1.81. The van der Waals surface area contributed by atoms with E-state index in [1.54, 1.807) is 17.5 Å². The average molecular weight is 450 g/mol. The molecule has 1 amide bonds. The van der Waals surface area contributed by atoms with E-state index in [1.165, 1.54) is 32.5 Å². The van der Waals surface area contributed by atoms with Gasteiger partial charge in [-0.3, -0.25) is 4.79 Å². The van der Waals surface area contributed by atoms with Gasteiger partial charge in [0.25, 0.3) is 15.9 Å². The van der Waals surface area contributed by atoms with E-state index in [4.69, 9.17) is 0 Å². The predicted molar refractivity (Wildman–Crippen MR) is 117 cm³/mol. The average Bonchev–Trinajstić information content (AvgIpc) is 3.46. The first kappa shape index (κ1) is 20.5. The highest BCUT2D eigenvalue weighted by Crippen LogP contribution is 2.29. The Kier molecular flexibility index (Phi) is 5.74. The van der Waals surface area contributed by atoms with Gasteiger partial charge in [-0.2, -0.15) is 9.30 Å². The van der Waals surface area contributed by atoms with Crippen molar-refractivity contribution in [2.24, 2.45) is 4.99 Å². The van der Waals surface area contributed by atoms with Crippen LogP contribution < -0.4 is 4.80 Å². The molecule has 1 atom stereocenters. The van der Waals surface area contributed by atoms with Gasteiger partial charge in [-0.05, 0) is 49.3 Å². The van der Waals surface area contributed by atoms with Crippen LogP contribution in [0.25, 0.3) is 10.2 Å². The van der Waals surface area contributed by atoms with Crippen LogP contribution in [0.3, 0.4) is 0 Å². The molecule has 0 radical (unpaired) electrons. The predicted octanol–water partition coefficient (Wildman–Crippen LogP) is 3.63. The molecule has 1 unspecified atom stereocenters. The highest BCUT2D eigenvalue weighted by molar-refractivity contribution is 7.91. The molecule has 0 saturated carbocycles. The molecule has 2 aromatic heterocycles. The summed E-state index contributed by atoms with van der Waals surface area (Å²) in [6, 6.07) is 8.72. The van der Waals surface area contributed by atoms with Crippen LogP contribution in [-0.2, 0) is 27.8 Å². The van der Waals surface area contributed by atoms with E-state index in [1.807, 2.05) is 19.1 Å². The molecule has 6 nitrogen and oxygen atoms in total. The van der Waals surface area contributed by atoms with Crippen LogP contribution in [0.5, 0.6) is 0 Å². The third-order valence-electron chi connectivity index (χ3n) is 5.23. The van der Waals surface area contributed by atoms with Gasteiger partial charge in [0.05, 0.1) is 10.2 Å². The lowest BCUT2D eigenvalue weighted by atomic mass is 10.1. The summed E-state index contributed by atoms with van der Waals surface area (Å²) in [6.45, 7) is 5.20. The minimum Gasteiger partial charge on any atom is -0.316 e. The first-order valence-electron chi connectivity index (χ1n) is 9.72. The Morgan fingerprint density at radius 2 is 2.07 bits per heavy atom. The number of fused-ring (bicyclic) bond motifs is 1. The molecule has 1 aliphatic rings. The molecule has 1 fully saturated rings. The molecule has 0 N–H and O–H groups in total. The molecule has 29 heavy (non-hydrogen) atoms. The number of nitrogens with zero attached hydrogens (tertiary/aromatic N) is 3. The van der Waals surface area contributed by atoms with E-state index in [-0.39, 0.29) is 10.1 Å². The number of rotatable bonds is 5. The molecular weight excluding hydrogens is 426 g/mol. The van der Waals surface area contributed by atoms with E-state index in [0.29, 0.717) is 30.7 Å². The Labute approximate surface area is 178 Å². The van der Waals surface area contributed by atoms with Gasteiger partial charge in [0.2, 0.25) is 0 Å². The van der Waals surface area contributed by atoms with Crippen molar-refractivity contribution in [2.75, 3.05) is 6.54 Å². The van der Waals surface area contributed by atoms with Crippen LogP contribution in [0.2, 0.25) is 0 Å². The van der Waals surface area contributed by atoms with Crippen LogP contribution in [0.1, 0.15) is 32.3 Å². The zero-order valence-electron chi connectivity index (χ0n) is 16.4. The van der Waals surface area contributed by atoms with Crippen molar-refractivity contribution in [3.8, 4) is 0 Å². The summed E-state index contributed by atoms with van der Waals surface area (Å²) in [6.07, 6.45) is 2.07. The second-order valence-electron chi connectivity index (χ2n) is 6.90. The zero-order valence-corrected chi connectivity index (χ0v) is 18.8. The lowest BCUT2D eigenvalue weighted by Gasteiger charge is -2.20. The number of para-hydroxylation sites is 1. The topological polar surface area (TPSA) is 71.7 Å². The first-order chi connectivity index (χ1) is 14.0. The van der Waals surface area contributed by atoms with Gasteiger partial charge in [-0.15, -0.1) is 11.3 Å². The van der Waals surface area contributed by atoms with E-state index in [0.717, 1.165) is 16.6 Å². The van der Waals surface area contributed by atoms with Gasteiger partial charge in [-0.1, -0.05) is 36.5 Å². The Morgan fingerprint density at radius 1 is 1.24 bits per heavy atom. The van der Waals surface area contributed by atoms with E-state index < -0.39 is 16.1 Å². The van der Waals surface area contributed by atoms with Crippen LogP contribution >= 0.6 is 22.7 Å². The quantitative estimate of drug-likeness (QED) is 0.597. The second-order valence-corrected chi connectivity index (χ2v) is 11.0. The van der Waals surface area contributed by atoms with Crippen molar-refractivity contribution in [3.63, 3.8) is 0 Å². The first-order valence-corrected chi connectivity index (χ1v) is 12.9. The summed E-state index contributed by atoms with van der Waals surface area (Å²) in [4.78, 5) is 18.1. The Balaban J connectivity index is 1.74. The molecule has 3 aromatic rings. The van der Waals surface area contributed by atoms with Crippen molar-refractivity contribution in [2.45, 2.75) is 49.9 Å². The number of hydrogen-bond acceptors (Lipinski definition) is 5. The number of thiazole rings is 1. The summed E-state index contributed by atoms with van der Waals surface area (Å²) in [7, 11) is -3.67. The Bertz CT molecular complexity index is 1210. The highest BCUT2D eigenvalue weighted by atomic mass is 32.2.